The minimum atomic E-state index is -0.447. The largest absolute Gasteiger partial charge is 0.504 e. The van der Waals surface area contributed by atoms with Crippen molar-refractivity contribution in [3.05, 3.63) is 59.8 Å². The number of carbonyl (C=O) groups excluding carboxylic acids is 1. The number of ketones is 1. The monoisotopic (exact) mass is 232 g/mol. The maximum Gasteiger partial charge on any atom is 0.224 e. The Morgan fingerprint density at radius 2 is 1.94 bits per heavy atom. The van der Waals surface area contributed by atoms with Crippen LogP contribution in [0.15, 0.2) is 47.1 Å². The van der Waals surface area contributed by atoms with Crippen molar-refractivity contribution in [3.8, 4) is 5.75 Å². The molecule has 0 aliphatic heterocycles. The number of hydrogen-bond donors (Lipinski definition) is 1. The fourth-order valence-corrected chi connectivity index (χ4v) is 1.31. The first kappa shape index (κ1) is 11.1. The second-order valence-electron chi connectivity index (χ2n) is 3.38. The first-order valence-corrected chi connectivity index (χ1v) is 4.91. The molecule has 4 heteroatoms. The summed E-state index contributed by atoms with van der Waals surface area (Å²) in [7, 11) is 0. The van der Waals surface area contributed by atoms with Gasteiger partial charge in [-0.05, 0) is 23.8 Å². The van der Waals surface area contributed by atoms with Gasteiger partial charge in [0.25, 0.3) is 0 Å². The molecule has 1 aromatic carbocycles. The lowest BCUT2D eigenvalue weighted by Crippen LogP contribution is -1.91. The van der Waals surface area contributed by atoms with E-state index in [1.165, 1.54) is 36.6 Å². The molecule has 0 aliphatic carbocycles. The van der Waals surface area contributed by atoms with Crippen molar-refractivity contribution < 1.29 is 18.7 Å². The number of aromatic hydroxyl groups is 1. The first-order chi connectivity index (χ1) is 8.16. The van der Waals surface area contributed by atoms with Crippen LogP contribution >= 0.6 is 0 Å². The standard InChI is InChI=1S/C13H9FO3/c14-10-4-1-9(2-5-10)3-6-11(15)13-12(16)7-8-17-13/h1-8,16H/b6-3+. The minimum Gasteiger partial charge on any atom is -0.504 e. The summed E-state index contributed by atoms with van der Waals surface area (Å²) in [6, 6.07) is 6.98. The van der Waals surface area contributed by atoms with Crippen LogP contribution in [0.5, 0.6) is 5.75 Å². The summed E-state index contributed by atoms with van der Waals surface area (Å²) in [5, 5.41) is 9.26. The van der Waals surface area contributed by atoms with Crippen molar-refractivity contribution in [1.29, 1.82) is 0 Å². The molecule has 1 heterocycles. The molecule has 0 atom stereocenters. The van der Waals surface area contributed by atoms with Crippen LogP contribution in [0, 0.1) is 5.82 Å². The zero-order valence-electron chi connectivity index (χ0n) is 8.76. The van der Waals surface area contributed by atoms with Gasteiger partial charge in [0.15, 0.2) is 5.75 Å². The molecular formula is C13H9FO3. The van der Waals surface area contributed by atoms with E-state index in [1.807, 2.05) is 0 Å². The number of hydrogen-bond acceptors (Lipinski definition) is 3. The van der Waals surface area contributed by atoms with Gasteiger partial charge in [-0.1, -0.05) is 18.2 Å². The Bertz CT molecular complexity index is 552. The summed E-state index contributed by atoms with van der Waals surface area (Å²) < 4.78 is 17.4. The van der Waals surface area contributed by atoms with Crippen molar-refractivity contribution in [3.63, 3.8) is 0 Å². The summed E-state index contributed by atoms with van der Waals surface area (Å²) in [6.07, 6.45) is 4.00. The Hall–Kier alpha value is -2.36. The Morgan fingerprint density at radius 3 is 2.53 bits per heavy atom. The third-order valence-electron chi connectivity index (χ3n) is 2.17. The van der Waals surface area contributed by atoms with Gasteiger partial charge in [0.2, 0.25) is 11.5 Å². The zero-order chi connectivity index (χ0) is 12.3. The van der Waals surface area contributed by atoms with Crippen molar-refractivity contribution in [2.45, 2.75) is 0 Å². The quantitative estimate of drug-likeness (QED) is 0.653. The fraction of sp³-hybridized carbons (Fsp3) is 0. The van der Waals surface area contributed by atoms with Crippen LogP contribution in [0.1, 0.15) is 16.1 Å². The third-order valence-corrected chi connectivity index (χ3v) is 2.17. The lowest BCUT2D eigenvalue weighted by molar-refractivity contribution is 0.101. The molecule has 2 aromatic rings. The van der Waals surface area contributed by atoms with Gasteiger partial charge in [-0.25, -0.2) is 4.39 Å². The molecule has 0 aliphatic rings. The number of benzene rings is 1. The van der Waals surface area contributed by atoms with E-state index >= 15 is 0 Å². The molecule has 2 rings (SSSR count). The number of rotatable bonds is 3. The van der Waals surface area contributed by atoms with Crippen LogP contribution in [0.2, 0.25) is 0 Å². The number of halogens is 1. The van der Waals surface area contributed by atoms with E-state index in [9.17, 15) is 14.3 Å². The second kappa shape index (κ2) is 4.65. The van der Waals surface area contributed by atoms with Crippen LogP contribution in [-0.4, -0.2) is 10.9 Å². The Balaban J connectivity index is 2.14. The normalized spacial score (nSPS) is 10.9. The number of allylic oxidation sites excluding steroid dienone is 1. The number of furan rings is 1. The van der Waals surface area contributed by atoms with Gasteiger partial charge in [-0.3, -0.25) is 4.79 Å². The van der Waals surface area contributed by atoms with Crippen molar-refractivity contribution in [2.75, 3.05) is 0 Å². The average molecular weight is 232 g/mol. The molecule has 1 N–H and O–H groups in total. The summed E-state index contributed by atoms with van der Waals surface area (Å²) in [5.41, 5.74) is 0.686. The maximum absolute atomic E-state index is 12.6. The van der Waals surface area contributed by atoms with Crippen molar-refractivity contribution in [1.82, 2.24) is 0 Å². The molecule has 0 bridgehead atoms. The molecule has 0 saturated carbocycles. The van der Waals surface area contributed by atoms with E-state index in [2.05, 4.69) is 0 Å². The minimum absolute atomic E-state index is 0.108. The third kappa shape index (κ3) is 2.60. The smallest absolute Gasteiger partial charge is 0.224 e. The Kier molecular flexibility index (Phi) is 3.05. The van der Waals surface area contributed by atoms with E-state index in [0.29, 0.717) is 5.56 Å². The highest BCUT2D eigenvalue weighted by Crippen LogP contribution is 2.18. The molecule has 0 amide bonds. The van der Waals surface area contributed by atoms with E-state index in [1.54, 1.807) is 12.1 Å². The van der Waals surface area contributed by atoms with Crippen molar-refractivity contribution in [2.24, 2.45) is 0 Å². The first-order valence-electron chi connectivity index (χ1n) is 4.91. The molecule has 0 saturated heterocycles. The van der Waals surface area contributed by atoms with E-state index in [0.717, 1.165) is 0 Å². The molecular weight excluding hydrogens is 223 g/mol. The van der Waals surface area contributed by atoms with Gasteiger partial charge in [-0.15, -0.1) is 0 Å². The highest BCUT2D eigenvalue weighted by molar-refractivity contribution is 6.06. The van der Waals surface area contributed by atoms with Crippen molar-refractivity contribution >= 4 is 11.9 Å². The second-order valence-corrected chi connectivity index (χ2v) is 3.38. The Morgan fingerprint density at radius 1 is 1.24 bits per heavy atom. The highest BCUT2D eigenvalue weighted by Gasteiger charge is 2.11. The fourth-order valence-electron chi connectivity index (χ4n) is 1.31. The molecule has 0 fully saturated rings. The average Bonchev–Trinajstić information content (AvgIpc) is 2.74. The van der Waals surface area contributed by atoms with Gasteiger partial charge in [0.1, 0.15) is 5.82 Å². The lowest BCUT2D eigenvalue weighted by atomic mass is 10.2. The maximum atomic E-state index is 12.6. The van der Waals surface area contributed by atoms with Gasteiger partial charge in [0, 0.05) is 6.07 Å². The predicted octanol–water partition coefficient (Wildman–Crippen LogP) is 3.02. The highest BCUT2D eigenvalue weighted by atomic mass is 19.1. The van der Waals surface area contributed by atoms with Crippen LogP contribution in [-0.2, 0) is 0 Å². The van der Waals surface area contributed by atoms with Crippen LogP contribution in [0.3, 0.4) is 0 Å². The van der Waals surface area contributed by atoms with Crippen LogP contribution < -0.4 is 0 Å². The molecule has 0 spiro atoms. The summed E-state index contributed by atoms with van der Waals surface area (Å²) in [6.45, 7) is 0. The molecule has 3 nitrogen and oxygen atoms in total. The Labute approximate surface area is 96.8 Å². The van der Waals surface area contributed by atoms with E-state index < -0.39 is 5.78 Å². The van der Waals surface area contributed by atoms with Gasteiger partial charge < -0.3 is 9.52 Å². The van der Waals surface area contributed by atoms with Gasteiger partial charge in [0.05, 0.1) is 6.26 Å². The zero-order valence-corrected chi connectivity index (χ0v) is 8.76. The summed E-state index contributed by atoms with van der Waals surface area (Å²) >= 11 is 0. The summed E-state index contributed by atoms with van der Waals surface area (Å²) in [4.78, 5) is 11.6. The molecule has 0 unspecified atom stereocenters. The summed E-state index contributed by atoms with van der Waals surface area (Å²) in [5.74, 6) is -1.09. The lowest BCUT2D eigenvalue weighted by Gasteiger charge is -1.93. The number of carbonyl (C=O) groups is 1. The van der Waals surface area contributed by atoms with Crippen LogP contribution in [0.25, 0.3) is 6.08 Å². The predicted molar refractivity (Wildman–Crippen MR) is 60.1 cm³/mol. The topological polar surface area (TPSA) is 50.4 Å². The van der Waals surface area contributed by atoms with E-state index in [4.69, 9.17) is 4.42 Å². The van der Waals surface area contributed by atoms with Gasteiger partial charge in [-0.2, -0.15) is 0 Å². The van der Waals surface area contributed by atoms with Crippen LogP contribution in [0.4, 0.5) is 4.39 Å². The molecule has 0 radical (unpaired) electrons. The van der Waals surface area contributed by atoms with Gasteiger partial charge >= 0.3 is 0 Å². The molecule has 17 heavy (non-hydrogen) atoms. The molecule has 1 aromatic heterocycles. The molecule has 86 valence electrons. The SMILES string of the molecule is O=C(/C=C/c1ccc(F)cc1)c1occc1O. The van der Waals surface area contributed by atoms with E-state index in [-0.39, 0.29) is 17.3 Å².